The normalized spacial score (nSPS) is 9.00. The maximum absolute atomic E-state index is 9.59. The molecule has 0 rings (SSSR count). The van der Waals surface area contributed by atoms with Gasteiger partial charge in [-0.15, -0.1) is 0 Å². The fourth-order valence-electron chi connectivity index (χ4n) is 0.359. The van der Waals surface area contributed by atoms with Crippen LogP contribution in [-0.2, 0) is 14.6 Å². The first-order valence-corrected chi connectivity index (χ1v) is 2.60. The Hall–Kier alpha value is -0.770. The molecule has 0 aromatic rings. The highest BCUT2D eigenvalue weighted by molar-refractivity contribution is 5.56. The number of carbonyl (C=O) groups excluding carboxylic acids is 1. The minimum atomic E-state index is -1.48. The summed E-state index contributed by atoms with van der Waals surface area (Å²) >= 11 is 0. The van der Waals surface area contributed by atoms with Crippen LogP contribution in [0.2, 0.25) is 0 Å². The molecule has 0 aliphatic carbocycles. The second kappa shape index (κ2) is 5.37. The Bertz CT molecular complexity index is 81.0. The van der Waals surface area contributed by atoms with Crippen molar-refractivity contribution in [1.29, 1.82) is 0 Å². The summed E-state index contributed by atoms with van der Waals surface area (Å²) in [5, 5.41) is 9.59. The van der Waals surface area contributed by atoms with Crippen molar-refractivity contribution in [3.05, 3.63) is 0 Å². The van der Waals surface area contributed by atoms with Gasteiger partial charge in [-0.25, -0.2) is 0 Å². The molecule has 0 unspecified atom stereocenters. The lowest BCUT2D eigenvalue weighted by atomic mass is 10.5. The monoisotopic (exact) mass is 133 g/mol. The Morgan fingerprint density at radius 1 is 1.44 bits per heavy atom. The third-order valence-corrected chi connectivity index (χ3v) is 0.713. The van der Waals surface area contributed by atoms with Crippen LogP contribution in [0.25, 0.3) is 0 Å². The molecule has 0 spiro atoms. The average Bonchev–Trinajstić information content (AvgIpc) is 1.80. The van der Waals surface area contributed by atoms with Crippen LogP contribution in [0.5, 0.6) is 0 Å². The lowest BCUT2D eigenvalue weighted by Crippen LogP contribution is -2.02. The smallest absolute Gasteiger partial charge is 0.432 e. The average molecular weight is 133 g/mol. The molecule has 4 heteroatoms. The zero-order valence-corrected chi connectivity index (χ0v) is 5.25. The van der Waals surface area contributed by atoms with Crippen molar-refractivity contribution < 1.29 is 19.4 Å². The summed E-state index contributed by atoms with van der Waals surface area (Å²) in [5.74, 6) is 0. The lowest BCUT2D eigenvalue weighted by Gasteiger charge is -1.96. The van der Waals surface area contributed by atoms with Crippen LogP contribution in [0, 0.1) is 0 Å². The molecule has 0 fully saturated rings. The van der Waals surface area contributed by atoms with E-state index in [1.807, 2.05) is 0 Å². The van der Waals surface area contributed by atoms with Crippen LogP contribution < -0.4 is 0 Å². The van der Waals surface area contributed by atoms with Gasteiger partial charge in [0.1, 0.15) is 0 Å². The van der Waals surface area contributed by atoms with Crippen LogP contribution >= 0.6 is 0 Å². The van der Waals surface area contributed by atoms with E-state index in [0.717, 1.165) is 0 Å². The SMILES string of the molecule is COCCCOC([O])=O. The largest absolute Gasteiger partial charge is 0.549 e. The number of rotatable bonds is 4. The van der Waals surface area contributed by atoms with E-state index in [0.29, 0.717) is 13.0 Å². The number of carbonyl (C=O) groups is 1. The van der Waals surface area contributed by atoms with E-state index in [-0.39, 0.29) is 6.61 Å². The zero-order valence-electron chi connectivity index (χ0n) is 5.25. The van der Waals surface area contributed by atoms with Gasteiger partial charge in [-0.1, -0.05) is 0 Å². The highest BCUT2D eigenvalue weighted by atomic mass is 16.7. The molecule has 0 aliphatic heterocycles. The van der Waals surface area contributed by atoms with Gasteiger partial charge in [0.2, 0.25) is 0 Å². The van der Waals surface area contributed by atoms with Gasteiger partial charge in [-0.3, -0.25) is 0 Å². The molecule has 53 valence electrons. The van der Waals surface area contributed by atoms with Crippen molar-refractivity contribution in [2.45, 2.75) is 6.42 Å². The van der Waals surface area contributed by atoms with Crippen molar-refractivity contribution in [1.82, 2.24) is 0 Å². The Labute approximate surface area is 53.4 Å². The van der Waals surface area contributed by atoms with Gasteiger partial charge in [0.15, 0.2) is 0 Å². The minimum absolute atomic E-state index is 0.149. The molecule has 0 aromatic carbocycles. The van der Waals surface area contributed by atoms with Gasteiger partial charge in [0.05, 0.1) is 6.61 Å². The van der Waals surface area contributed by atoms with E-state index in [2.05, 4.69) is 9.47 Å². The molecule has 0 N–H and O–H groups in total. The van der Waals surface area contributed by atoms with Gasteiger partial charge in [0, 0.05) is 20.1 Å². The molecule has 0 aromatic heterocycles. The third-order valence-electron chi connectivity index (χ3n) is 0.713. The first kappa shape index (κ1) is 8.23. The number of hydrogen-bond acceptors (Lipinski definition) is 3. The summed E-state index contributed by atoms with van der Waals surface area (Å²) in [5.41, 5.74) is 0. The van der Waals surface area contributed by atoms with Crippen molar-refractivity contribution in [3.8, 4) is 0 Å². The molecule has 0 heterocycles. The molecule has 4 nitrogen and oxygen atoms in total. The van der Waals surface area contributed by atoms with Gasteiger partial charge < -0.3 is 9.47 Å². The van der Waals surface area contributed by atoms with Crippen LogP contribution in [0.15, 0.2) is 0 Å². The Kier molecular flexibility index (Phi) is 4.91. The number of ether oxygens (including phenoxy) is 2. The van der Waals surface area contributed by atoms with Crippen LogP contribution in [0.1, 0.15) is 6.42 Å². The topological polar surface area (TPSA) is 55.4 Å². The van der Waals surface area contributed by atoms with Gasteiger partial charge in [-0.05, 0) is 0 Å². The van der Waals surface area contributed by atoms with E-state index >= 15 is 0 Å². The van der Waals surface area contributed by atoms with E-state index < -0.39 is 6.16 Å². The van der Waals surface area contributed by atoms with E-state index in [1.54, 1.807) is 7.11 Å². The van der Waals surface area contributed by atoms with Crippen LogP contribution in [0.4, 0.5) is 4.79 Å². The van der Waals surface area contributed by atoms with Crippen LogP contribution in [-0.4, -0.2) is 26.5 Å². The fraction of sp³-hybridized carbons (Fsp3) is 0.800. The summed E-state index contributed by atoms with van der Waals surface area (Å²) < 4.78 is 8.70. The maximum Gasteiger partial charge on any atom is 0.549 e. The Morgan fingerprint density at radius 3 is 2.56 bits per heavy atom. The molecule has 1 radical (unpaired) electrons. The molecule has 0 atom stereocenters. The first-order valence-electron chi connectivity index (χ1n) is 2.60. The highest BCUT2D eigenvalue weighted by Gasteiger charge is 1.96. The van der Waals surface area contributed by atoms with Crippen molar-refractivity contribution in [2.24, 2.45) is 0 Å². The summed E-state index contributed by atoms with van der Waals surface area (Å²) in [7, 11) is 1.54. The molecule has 0 bridgehead atoms. The number of methoxy groups -OCH3 is 1. The summed E-state index contributed by atoms with van der Waals surface area (Å²) in [4.78, 5) is 9.59. The molecule has 0 amide bonds. The second-order valence-corrected chi connectivity index (χ2v) is 1.44. The van der Waals surface area contributed by atoms with Crippen molar-refractivity contribution in [3.63, 3.8) is 0 Å². The molecular weight excluding hydrogens is 124 g/mol. The predicted molar refractivity (Wildman–Crippen MR) is 28.5 cm³/mol. The quantitative estimate of drug-likeness (QED) is 0.416. The highest BCUT2D eigenvalue weighted by Crippen LogP contribution is 1.83. The molecule has 0 aliphatic rings. The number of hydrogen-bond donors (Lipinski definition) is 0. The summed E-state index contributed by atoms with van der Waals surface area (Å²) in [6, 6.07) is 0. The standard InChI is InChI=1S/C5H9O4/c1-8-3-2-4-9-5(6)7/h2-4H2,1H3. The van der Waals surface area contributed by atoms with E-state index in [1.165, 1.54) is 0 Å². The zero-order chi connectivity index (χ0) is 7.11. The molecule has 9 heavy (non-hydrogen) atoms. The van der Waals surface area contributed by atoms with Gasteiger partial charge in [0.25, 0.3) is 0 Å². The van der Waals surface area contributed by atoms with E-state index in [4.69, 9.17) is 0 Å². The molecule has 0 saturated heterocycles. The fourth-order valence-corrected chi connectivity index (χ4v) is 0.359. The first-order chi connectivity index (χ1) is 4.27. The Balaban J connectivity index is 2.83. The lowest BCUT2D eigenvalue weighted by molar-refractivity contribution is 0.0600. The van der Waals surface area contributed by atoms with Gasteiger partial charge in [-0.2, -0.15) is 9.90 Å². The molecular formula is C5H9O4. The third kappa shape index (κ3) is 7.23. The van der Waals surface area contributed by atoms with E-state index in [9.17, 15) is 9.90 Å². The van der Waals surface area contributed by atoms with Gasteiger partial charge >= 0.3 is 6.16 Å². The maximum atomic E-state index is 9.59. The second-order valence-electron chi connectivity index (χ2n) is 1.44. The predicted octanol–water partition coefficient (Wildman–Crippen LogP) is 0.590. The minimum Gasteiger partial charge on any atom is -0.432 e. The van der Waals surface area contributed by atoms with Crippen molar-refractivity contribution in [2.75, 3.05) is 20.3 Å². The van der Waals surface area contributed by atoms with Crippen LogP contribution in [0.3, 0.4) is 0 Å². The Morgan fingerprint density at radius 2 is 2.11 bits per heavy atom. The van der Waals surface area contributed by atoms with Crippen molar-refractivity contribution >= 4 is 6.16 Å². The summed E-state index contributed by atoms with van der Waals surface area (Å²) in [6.07, 6.45) is -0.907. The summed E-state index contributed by atoms with van der Waals surface area (Å²) in [6.45, 7) is 0.656. The molecule has 0 saturated carbocycles.